The maximum atomic E-state index is 11.6. The number of aryl methyl sites for hydroxylation is 1. The second-order valence-electron chi connectivity index (χ2n) is 5.41. The molecule has 0 aromatic carbocycles. The number of aromatic nitrogens is 2. The Hall–Kier alpha value is -1.56. The fourth-order valence-electron chi connectivity index (χ4n) is 1.60. The van der Waals surface area contributed by atoms with Gasteiger partial charge >= 0.3 is 6.09 Å². The van der Waals surface area contributed by atoms with E-state index in [1.54, 1.807) is 0 Å². The molecule has 1 unspecified atom stereocenters. The van der Waals surface area contributed by atoms with E-state index in [1.807, 2.05) is 44.6 Å². The molecule has 0 aliphatic carbocycles. The summed E-state index contributed by atoms with van der Waals surface area (Å²) in [4.78, 5) is 11.6. The number of rotatable bonds is 5. The molecular weight excluding hydrogens is 244 g/mol. The molecule has 0 saturated carbocycles. The summed E-state index contributed by atoms with van der Waals surface area (Å²) >= 11 is 0. The molecule has 108 valence electrons. The van der Waals surface area contributed by atoms with Crippen molar-refractivity contribution >= 4 is 6.09 Å². The van der Waals surface area contributed by atoms with E-state index >= 15 is 0 Å². The summed E-state index contributed by atoms with van der Waals surface area (Å²) in [6, 6.07) is 1.93. The Bertz CT molecular complexity index is 409. The number of nitrogens with zero attached hydrogens (tertiary/aromatic N) is 2. The van der Waals surface area contributed by atoms with Gasteiger partial charge < -0.3 is 15.8 Å². The van der Waals surface area contributed by atoms with Gasteiger partial charge in [0.15, 0.2) is 0 Å². The van der Waals surface area contributed by atoms with E-state index in [-0.39, 0.29) is 5.92 Å². The molecule has 0 radical (unpaired) electrons. The number of hydrogen-bond acceptors (Lipinski definition) is 4. The van der Waals surface area contributed by atoms with Gasteiger partial charge in [-0.3, -0.25) is 4.68 Å². The van der Waals surface area contributed by atoms with E-state index in [0.29, 0.717) is 13.1 Å². The molecule has 1 heterocycles. The molecule has 1 rings (SSSR count). The lowest BCUT2D eigenvalue weighted by Gasteiger charge is -2.21. The minimum absolute atomic E-state index is 0.000295. The third-order valence-corrected chi connectivity index (χ3v) is 2.58. The van der Waals surface area contributed by atoms with E-state index in [4.69, 9.17) is 10.5 Å². The Morgan fingerprint density at radius 1 is 1.58 bits per heavy atom. The number of amides is 1. The molecule has 1 aromatic heterocycles. The van der Waals surface area contributed by atoms with Crippen molar-refractivity contribution in [2.75, 3.05) is 13.1 Å². The van der Waals surface area contributed by atoms with Gasteiger partial charge in [0.1, 0.15) is 5.60 Å². The molecule has 0 saturated heterocycles. The molecule has 1 aromatic rings. The van der Waals surface area contributed by atoms with E-state index in [1.165, 1.54) is 0 Å². The Kier molecular flexibility index (Phi) is 5.35. The number of nitrogens with one attached hydrogen (secondary N) is 1. The molecule has 19 heavy (non-hydrogen) atoms. The zero-order chi connectivity index (χ0) is 14.5. The van der Waals surface area contributed by atoms with Crippen molar-refractivity contribution in [1.82, 2.24) is 15.1 Å². The molecule has 6 nitrogen and oxygen atoms in total. The quantitative estimate of drug-likeness (QED) is 0.847. The third-order valence-electron chi connectivity index (χ3n) is 2.58. The molecule has 0 aliphatic rings. The zero-order valence-corrected chi connectivity index (χ0v) is 12.1. The van der Waals surface area contributed by atoms with Gasteiger partial charge in [0.2, 0.25) is 0 Å². The molecule has 0 bridgehead atoms. The summed E-state index contributed by atoms with van der Waals surface area (Å²) in [5.74, 6) is 0.000295. The predicted octanol–water partition coefficient (Wildman–Crippen LogP) is 1.47. The minimum atomic E-state index is -0.494. The van der Waals surface area contributed by atoms with Gasteiger partial charge in [0.25, 0.3) is 0 Å². The van der Waals surface area contributed by atoms with Crippen LogP contribution < -0.4 is 11.1 Å². The molecule has 0 fully saturated rings. The van der Waals surface area contributed by atoms with Crippen LogP contribution in [-0.2, 0) is 11.3 Å². The highest BCUT2D eigenvalue weighted by atomic mass is 16.6. The summed E-state index contributed by atoms with van der Waals surface area (Å²) in [5, 5.41) is 7.12. The zero-order valence-electron chi connectivity index (χ0n) is 12.1. The predicted molar refractivity (Wildman–Crippen MR) is 73.9 cm³/mol. The number of nitrogens with two attached hydrogens (primary N) is 1. The van der Waals surface area contributed by atoms with Gasteiger partial charge in [-0.1, -0.05) is 0 Å². The van der Waals surface area contributed by atoms with Gasteiger partial charge in [-0.25, -0.2) is 4.79 Å². The Morgan fingerprint density at radius 2 is 2.26 bits per heavy atom. The topological polar surface area (TPSA) is 82.2 Å². The van der Waals surface area contributed by atoms with Crippen LogP contribution >= 0.6 is 0 Å². The smallest absolute Gasteiger partial charge is 0.407 e. The number of hydrogen-bond donors (Lipinski definition) is 2. The molecule has 1 amide bonds. The summed E-state index contributed by atoms with van der Waals surface area (Å²) in [6.07, 6.45) is 1.48. The molecule has 6 heteroatoms. The van der Waals surface area contributed by atoms with Gasteiger partial charge in [0.05, 0.1) is 5.69 Å². The Morgan fingerprint density at radius 3 is 2.74 bits per heavy atom. The number of ether oxygens (including phenoxy) is 1. The fraction of sp³-hybridized carbons (Fsp3) is 0.692. The lowest BCUT2D eigenvalue weighted by atomic mass is 10.1. The van der Waals surface area contributed by atoms with Crippen LogP contribution in [0.15, 0.2) is 12.3 Å². The first-order valence-electron chi connectivity index (χ1n) is 6.56. The Labute approximate surface area is 114 Å². The van der Waals surface area contributed by atoms with Crippen LogP contribution in [0.4, 0.5) is 4.79 Å². The minimum Gasteiger partial charge on any atom is -0.444 e. The molecular formula is C13H24N4O2. The lowest BCUT2D eigenvalue weighted by molar-refractivity contribution is 0.0524. The van der Waals surface area contributed by atoms with E-state index in [9.17, 15) is 4.79 Å². The van der Waals surface area contributed by atoms with E-state index in [2.05, 4.69) is 10.4 Å². The first-order chi connectivity index (χ1) is 8.85. The second kappa shape index (κ2) is 6.56. The fourth-order valence-corrected chi connectivity index (χ4v) is 1.60. The molecule has 1 atom stereocenters. The summed E-state index contributed by atoms with van der Waals surface area (Å²) in [6.45, 7) is 9.17. The summed E-state index contributed by atoms with van der Waals surface area (Å²) in [7, 11) is 0. The van der Waals surface area contributed by atoms with Gasteiger partial charge in [-0.2, -0.15) is 5.10 Å². The highest BCUT2D eigenvalue weighted by Gasteiger charge is 2.18. The summed E-state index contributed by atoms with van der Waals surface area (Å²) in [5.41, 5.74) is 6.12. The first kappa shape index (κ1) is 15.5. The van der Waals surface area contributed by atoms with E-state index < -0.39 is 11.7 Å². The SMILES string of the molecule is CCn1ccc(C(CN)CNC(=O)OC(C)(C)C)n1. The number of alkyl carbamates (subject to hydrolysis) is 1. The van der Waals surface area contributed by atoms with Crippen molar-refractivity contribution < 1.29 is 9.53 Å². The largest absolute Gasteiger partial charge is 0.444 e. The van der Waals surface area contributed by atoms with Gasteiger partial charge in [0, 0.05) is 31.7 Å². The average molecular weight is 268 g/mol. The lowest BCUT2D eigenvalue weighted by Crippen LogP contribution is -2.36. The van der Waals surface area contributed by atoms with Gasteiger partial charge in [-0.15, -0.1) is 0 Å². The Balaban J connectivity index is 2.51. The van der Waals surface area contributed by atoms with Crippen LogP contribution in [0, 0.1) is 0 Å². The van der Waals surface area contributed by atoms with Crippen molar-refractivity contribution in [1.29, 1.82) is 0 Å². The monoisotopic (exact) mass is 268 g/mol. The van der Waals surface area contributed by atoms with E-state index in [0.717, 1.165) is 12.2 Å². The average Bonchev–Trinajstić information content (AvgIpc) is 2.76. The van der Waals surface area contributed by atoms with Crippen molar-refractivity contribution in [3.05, 3.63) is 18.0 Å². The van der Waals surface area contributed by atoms with Gasteiger partial charge in [-0.05, 0) is 33.8 Å². The second-order valence-corrected chi connectivity index (χ2v) is 5.41. The molecule has 0 spiro atoms. The van der Waals surface area contributed by atoms with Crippen molar-refractivity contribution in [3.63, 3.8) is 0 Å². The van der Waals surface area contributed by atoms with Crippen LogP contribution in [-0.4, -0.2) is 34.6 Å². The maximum Gasteiger partial charge on any atom is 0.407 e. The maximum absolute atomic E-state index is 11.6. The number of carbonyl (C=O) groups is 1. The molecule has 3 N–H and O–H groups in total. The van der Waals surface area contributed by atoms with Crippen molar-refractivity contribution in [2.45, 2.75) is 45.8 Å². The highest BCUT2D eigenvalue weighted by Crippen LogP contribution is 2.12. The summed E-state index contributed by atoms with van der Waals surface area (Å²) < 4.78 is 7.02. The van der Waals surface area contributed by atoms with Crippen LogP contribution in [0.2, 0.25) is 0 Å². The first-order valence-corrected chi connectivity index (χ1v) is 6.56. The highest BCUT2D eigenvalue weighted by molar-refractivity contribution is 5.67. The van der Waals surface area contributed by atoms with Crippen LogP contribution in [0.3, 0.4) is 0 Å². The number of carbonyl (C=O) groups excluding carboxylic acids is 1. The van der Waals surface area contributed by atoms with Crippen LogP contribution in [0.1, 0.15) is 39.3 Å². The van der Waals surface area contributed by atoms with Crippen LogP contribution in [0.5, 0.6) is 0 Å². The van der Waals surface area contributed by atoms with Crippen molar-refractivity contribution in [2.24, 2.45) is 5.73 Å². The van der Waals surface area contributed by atoms with Crippen LogP contribution in [0.25, 0.3) is 0 Å². The normalized spacial score (nSPS) is 13.1. The van der Waals surface area contributed by atoms with Crippen molar-refractivity contribution in [3.8, 4) is 0 Å². The molecule has 0 aliphatic heterocycles. The standard InChI is InChI=1S/C13H24N4O2/c1-5-17-7-6-11(16-17)10(8-14)9-15-12(18)19-13(2,3)4/h6-7,10H,5,8-9,14H2,1-4H3,(H,15,18). The third kappa shape index (κ3) is 5.30.